The monoisotopic (exact) mass is 273 g/mol. The first-order chi connectivity index (χ1) is 9.47. The van der Waals surface area contributed by atoms with E-state index in [0.717, 1.165) is 4.90 Å². The number of carbonyl (C=O) groups excluding carboxylic acids is 4. The first-order valence-electron chi connectivity index (χ1n) is 6.07. The van der Waals surface area contributed by atoms with Gasteiger partial charge in [0.25, 0.3) is 11.8 Å². The van der Waals surface area contributed by atoms with Crippen LogP contribution >= 0.6 is 0 Å². The van der Waals surface area contributed by atoms with Crippen LogP contribution in [0.15, 0.2) is 18.2 Å². The van der Waals surface area contributed by atoms with Crippen LogP contribution in [-0.2, 0) is 9.59 Å². The fourth-order valence-corrected chi connectivity index (χ4v) is 2.55. The molecule has 3 rings (SSSR count). The molecule has 0 spiro atoms. The number of benzene rings is 1. The summed E-state index contributed by atoms with van der Waals surface area (Å²) < 4.78 is 0. The summed E-state index contributed by atoms with van der Waals surface area (Å²) in [6.45, 7) is 0. The van der Waals surface area contributed by atoms with Gasteiger partial charge in [-0.1, -0.05) is 0 Å². The third kappa shape index (κ3) is 1.75. The van der Waals surface area contributed by atoms with Crippen LogP contribution < -0.4 is 11.1 Å². The average molecular weight is 273 g/mol. The van der Waals surface area contributed by atoms with E-state index in [9.17, 15) is 19.2 Å². The van der Waals surface area contributed by atoms with Gasteiger partial charge in [0.1, 0.15) is 0 Å². The maximum Gasteiger partial charge on any atom is 0.261 e. The van der Waals surface area contributed by atoms with Gasteiger partial charge in [0.15, 0.2) is 0 Å². The number of imide groups is 2. The zero-order valence-electron chi connectivity index (χ0n) is 10.4. The number of rotatable bonds is 1. The number of anilines is 1. The van der Waals surface area contributed by atoms with Crippen molar-refractivity contribution < 1.29 is 19.2 Å². The lowest BCUT2D eigenvalue weighted by Crippen LogP contribution is -2.50. The number of nitrogens with two attached hydrogens (primary N) is 1. The third-order valence-corrected chi connectivity index (χ3v) is 3.43. The van der Waals surface area contributed by atoms with Crippen molar-refractivity contribution >= 4 is 29.3 Å². The number of nitrogen functional groups attached to an aromatic ring is 1. The van der Waals surface area contributed by atoms with Gasteiger partial charge in [0, 0.05) is 18.5 Å². The van der Waals surface area contributed by atoms with Crippen LogP contribution in [0.5, 0.6) is 0 Å². The van der Waals surface area contributed by atoms with Gasteiger partial charge in [0.05, 0.1) is 17.2 Å². The van der Waals surface area contributed by atoms with Gasteiger partial charge in [0.2, 0.25) is 11.8 Å². The molecular formula is C13H11N3O4. The lowest BCUT2D eigenvalue weighted by Gasteiger charge is -2.28. The Kier molecular flexibility index (Phi) is 2.56. The van der Waals surface area contributed by atoms with Crippen molar-refractivity contribution in [2.75, 3.05) is 5.73 Å². The van der Waals surface area contributed by atoms with E-state index in [1.807, 2.05) is 0 Å². The van der Waals surface area contributed by atoms with Crippen LogP contribution in [-0.4, -0.2) is 34.6 Å². The summed E-state index contributed by atoms with van der Waals surface area (Å²) in [5.41, 5.74) is 6.45. The average Bonchev–Trinajstić information content (AvgIpc) is 2.60. The number of hydrogen-bond acceptors (Lipinski definition) is 5. The van der Waals surface area contributed by atoms with Crippen molar-refractivity contribution in [1.29, 1.82) is 0 Å². The van der Waals surface area contributed by atoms with Crippen LogP contribution in [0.25, 0.3) is 0 Å². The molecule has 2 heterocycles. The number of nitrogens with zero attached hydrogens (tertiary/aromatic N) is 1. The first kappa shape index (κ1) is 12.3. The van der Waals surface area contributed by atoms with E-state index in [-0.39, 0.29) is 24.0 Å². The molecule has 0 aliphatic carbocycles. The predicted octanol–water partition coefficient (Wildman–Crippen LogP) is -0.330. The highest BCUT2D eigenvalue weighted by Gasteiger charge is 2.42. The van der Waals surface area contributed by atoms with E-state index in [2.05, 4.69) is 5.32 Å². The highest BCUT2D eigenvalue weighted by atomic mass is 16.2. The molecule has 7 nitrogen and oxygen atoms in total. The molecular weight excluding hydrogens is 262 g/mol. The normalized spacial score (nSPS) is 19.3. The predicted molar refractivity (Wildman–Crippen MR) is 67.5 cm³/mol. The SMILES string of the molecule is Nc1ccc2c(c1)C(=O)N(C1CC(=O)NC(=O)C1)C2=O. The third-order valence-electron chi connectivity index (χ3n) is 3.43. The van der Waals surface area contributed by atoms with Gasteiger partial charge < -0.3 is 5.73 Å². The minimum absolute atomic E-state index is 0.0628. The Bertz CT molecular complexity index is 652. The van der Waals surface area contributed by atoms with Gasteiger partial charge >= 0.3 is 0 Å². The van der Waals surface area contributed by atoms with E-state index in [0.29, 0.717) is 5.69 Å². The summed E-state index contributed by atoms with van der Waals surface area (Å²) in [7, 11) is 0. The van der Waals surface area contributed by atoms with Crippen molar-refractivity contribution in [3.63, 3.8) is 0 Å². The molecule has 7 heteroatoms. The molecule has 2 aliphatic heterocycles. The van der Waals surface area contributed by atoms with Crippen molar-refractivity contribution in [2.45, 2.75) is 18.9 Å². The summed E-state index contributed by atoms with van der Waals surface area (Å²) in [5, 5.41) is 2.15. The molecule has 3 N–H and O–H groups in total. The smallest absolute Gasteiger partial charge is 0.261 e. The van der Waals surface area contributed by atoms with E-state index in [1.165, 1.54) is 18.2 Å². The standard InChI is InChI=1S/C13H11N3O4/c14-6-1-2-8-9(3-6)13(20)16(12(8)19)7-4-10(17)15-11(18)5-7/h1-3,7H,4-5,14H2,(H,15,17,18). The maximum absolute atomic E-state index is 12.3. The topological polar surface area (TPSA) is 110 Å². The largest absolute Gasteiger partial charge is 0.399 e. The summed E-state index contributed by atoms with van der Waals surface area (Å²) in [6, 6.07) is 3.71. The second-order valence-corrected chi connectivity index (χ2v) is 4.82. The Morgan fingerprint density at radius 3 is 2.25 bits per heavy atom. The molecule has 0 saturated carbocycles. The lowest BCUT2D eigenvalue weighted by molar-refractivity contribution is -0.134. The van der Waals surface area contributed by atoms with Crippen molar-refractivity contribution in [3.8, 4) is 0 Å². The number of nitrogens with one attached hydrogen (secondary N) is 1. The quantitative estimate of drug-likeness (QED) is 0.538. The van der Waals surface area contributed by atoms with Gasteiger partial charge in [-0.05, 0) is 18.2 Å². The fraction of sp³-hybridized carbons (Fsp3) is 0.231. The number of piperidine rings is 1. The Labute approximate surface area is 113 Å². The Hall–Kier alpha value is -2.70. The molecule has 102 valence electrons. The van der Waals surface area contributed by atoms with Gasteiger partial charge in [-0.15, -0.1) is 0 Å². The summed E-state index contributed by atoms with van der Waals surface area (Å²) in [4.78, 5) is 48.3. The van der Waals surface area contributed by atoms with Crippen molar-refractivity contribution in [2.24, 2.45) is 0 Å². The van der Waals surface area contributed by atoms with E-state index in [4.69, 9.17) is 5.73 Å². The van der Waals surface area contributed by atoms with Crippen LogP contribution in [0.2, 0.25) is 0 Å². The zero-order chi connectivity index (χ0) is 14.4. The minimum atomic E-state index is -0.732. The summed E-state index contributed by atoms with van der Waals surface area (Å²) in [6.07, 6.45) is -0.126. The molecule has 4 amide bonds. The molecule has 20 heavy (non-hydrogen) atoms. The number of hydrogen-bond donors (Lipinski definition) is 2. The Morgan fingerprint density at radius 2 is 1.60 bits per heavy atom. The lowest BCUT2D eigenvalue weighted by atomic mass is 10.0. The highest BCUT2D eigenvalue weighted by molar-refractivity contribution is 6.22. The number of fused-ring (bicyclic) bond motifs is 1. The molecule has 0 unspecified atom stereocenters. The van der Waals surface area contributed by atoms with Crippen LogP contribution in [0.1, 0.15) is 33.6 Å². The zero-order valence-corrected chi connectivity index (χ0v) is 10.4. The second kappa shape index (κ2) is 4.16. The number of carbonyl (C=O) groups is 4. The highest BCUT2D eigenvalue weighted by Crippen LogP contribution is 2.29. The molecule has 1 fully saturated rings. The fourth-order valence-electron chi connectivity index (χ4n) is 2.55. The molecule has 1 saturated heterocycles. The summed E-state index contributed by atoms with van der Waals surface area (Å²) >= 11 is 0. The van der Waals surface area contributed by atoms with E-state index in [1.54, 1.807) is 0 Å². The minimum Gasteiger partial charge on any atom is -0.399 e. The molecule has 0 atom stereocenters. The Morgan fingerprint density at radius 1 is 1.00 bits per heavy atom. The van der Waals surface area contributed by atoms with E-state index >= 15 is 0 Å². The van der Waals surface area contributed by atoms with Gasteiger partial charge in [-0.3, -0.25) is 29.4 Å². The molecule has 0 aromatic heterocycles. The first-order valence-corrected chi connectivity index (χ1v) is 6.07. The summed E-state index contributed by atoms with van der Waals surface area (Å²) in [5.74, 6) is -1.97. The van der Waals surface area contributed by atoms with Crippen LogP contribution in [0.3, 0.4) is 0 Å². The van der Waals surface area contributed by atoms with Crippen molar-refractivity contribution in [1.82, 2.24) is 10.2 Å². The van der Waals surface area contributed by atoms with Crippen molar-refractivity contribution in [3.05, 3.63) is 29.3 Å². The Balaban J connectivity index is 1.97. The molecule has 0 radical (unpaired) electrons. The van der Waals surface area contributed by atoms with Gasteiger partial charge in [-0.2, -0.15) is 0 Å². The molecule has 2 aliphatic rings. The van der Waals surface area contributed by atoms with Gasteiger partial charge in [-0.25, -0.2) is 0 Å². The molecule has 1 aromatic carbocycles. The molecule has 0 bridgehead atoms. The van der Waals surface area contributed by atoms with Crippen LogP contribution in [0.4, 0.5) is 5.69 Å². The van der Waals surface area contributed by atoms with Crippen LogP contribution in [0, 0.1) is 0 Å². The molecule has 1 aromatic rings. The second-order valence-electron chi connectivity index (χ2n) is 4.82. The number of amides is 4. The van der Waals surface area contributed by atoms with E-state index < -0.39 is 29.7 Å². The maximum atomic E-state index is 12.3.